The zero-order valence-electron chi connectivity index (χ0n) is 15.1. The lowest BCUT2D eigenvalue weighted by Crippen LogP contribution is -2.43. The second-order valence-corrected chi connectivity index (χ2v) is 5.98. The molecule has 0 saturated heterocycles. The van der Waals surface area contributed by atoms with Gasteiger partial charge in [-0.15, -0.1) is 0 Å². The summed E-state index contributed by atoms with van der Waals surface area (Å²) in [5.74, 6) is 0.422. The van der Waals surface area contributed by atoms with Crippen LogP contribution in [-0.2, 0) is 9.53 Å². The van der Waals surface area contributed by atoms with Crippen LogP contribution in [0.25, 0.3) is 0 Å². The number of hydrogen-bond donors (Lipinski definition) is 1. The van der Waals surface area contributed by atoms with E-state index in [1.54, 1.807) is 13.2 Å². The number of rotatable bonds is 10. The summed E-state index contributed by atoms with van der Waals surface area (Å²) >= 11 is 0. The molecule has 0 aliphatic heterocycles. The molecule has 23 heavy (non-hydrogen) atoms. The standard InChI is InChI=1S/C18H30N2O3/c1-6-8-9-12-18(4,23-13-7-2)17(21)20-15-10-11-16(22-5)19-14(15)3/h10-11H,6-9,12-13H2,1-5H3,(H,20,21)/t18-/m1/s1. The third kappa shape index (κ3) is 5.82. The van der Waals surface area contributed by atoms with E-state index in [2.05, 4.69) is 17.2 Å². The van der Waals surface area contributed by atoms with Crippen molar-refractivity contribution in [3.8, 4) is 5.88 Å². The minimum atomic E-state index is -0.808. The highest BCUT2D eigenvalue weighted by Gasteiger charge is 2.33. The summed E-state index contributed by atoms with van der Waals surface area (Å²) in [6.07, 6.45) is 4.80. The fourth-order valence-corrected chi connectivity index (χ4v) is 2.33. The van der Waals surface area contributed by atoms with Crippen LogP contribution in [0.3, 0.4) is 0 Å². The third-order valence-electron chi connectivity index (χ3n) is 3.88. The largest absolute Gasteiger partial charge is 0.481 e. The summed E-state index contributed by atoms with van der Waals surface area (Å²) in [6, 6.07) is 3.55. The smallest absolute Gasteiger partial charge is 0.256 e. The average molecular weight is 322 g/mol. The number of amides is 1. The van der Waals surface area contributed by atoms with Crippen molar-refractivity contribution in [3.05, 3.63) is 17.8 Å². The predicted molar refractivity (Wildman–Crippen MR) is 92.9 cm³/mol. The average Bonchev–Trinajstić information content (AvgIpc) is 2.54. The number of pyridine rings is 1. The van der Waals surface area contributed by atoms with Gasteiger partial charge in [-0.05, 0) is 32.8 Å². The van der Waals surface area contributed by atoms with Gasteiger partial charge in [0.25, 0.3) is 5.91 Å². The van der Waals surface area contributed by atoms with E-state index in [4.69, 9.17) is 9.47 Å². The number of aryl methyl sites for hydroxylation is 1. The number of hydrogen-bond acceptors (Lipinski definition) is 4. The van der Waals surface area contributed by atoms with E-state index >= 15 is 0 Å². The minimum Gasteiger partial charge on any atom is -0.481 e. The van der Waals surface area contributed by atoms with Gasteiger partial charge in [0.15, 0.2) is 0 Å². The fourth-order valence-electron chi connectivity index (χ4n) is 2.33. The monoisotopic (exact) mass is 322 g/mol. The van der Waals surface area contributed by atoms with Gasteiger partial charge in [0.1, 0.15) is 5.60 Å². The number of methoxy groups -OCH3 is 1. The van der Waals surface area contributed by atoms with E-state index in [1.165, 1.54) is 0 Å². The maximum absolute atomic E-state index is 12.7. The van der Waals surface area contributed by atoms with Crippen LogP contribution in [0.5, 0.6) is 5.88 Å². The zero-order chi connectivity index (χ0) is 17.3. The van der Waals surface area contributed by atoms with Gasteiger partial charge in [0.05, 0.1) is 18.5 Å². The van der Waals surface area contributed by atoms with Gasteiger partial charge in [0, 0.05) is 12.7 Å². The van der Waals surface area contributed by atoms with E-state index in [9.17, 15) is 4.79 Å². The maximum atomic E-state index is 12.7. The molecule has 1 rings (SSSR count). The SMILES string of the molecule is CCCCC[C@@](C)(OCCC)C(=O)Nc1ccc(OC)nc1C. The lowest BCUT2D eigenvalue weighted by Gasteiger charge is -2.29. The maximum Gasteiger partial charge on any atom is 0.256 e. The van der Waals surface area contributed by atoms with E-state index in [0.29, 0.717) is 18.2 Å². The van der Waals surface area contributed by atoms with Crippen LogP contribution >= 0.6 is 0 Å². The quantitative estimate of drug-likeness (QED) is 0.659. The summed E-state index contributed by atoms with van der Waals surface area (Å²) in [4.78, 5) is 17.0. The van der Waals surface area contributed by atoms with Gasteiger partial charge in [-0.2, -0.15) is 0 Å². The number of ether oxygens (including phenoxy) is 2. The molecule has 0 unspecified atom stereocenters. The Kier molecular flexibility index (Phi) is 8.03. The zero-order valence-corrected chi connectivity index (χ0v) is 15.1. The van der Waals surface area contributed by atoms with Gasteiger partial charge in [-0.3, -0.25) is 4.79 Å². The number of carbonyl (C=O) groups excluding carboxylic acids is 1. The van der Waals surface area contributed by atoms with Gasteiger partial charge in [-0.1, -0.05) is 33.1 Å². The molecule has 1 aromatic heterocycles. The first kappa shape index (κ1) is 19.4. The van der Waals surface area contributed by atoms with Crippen LogP contribution < -0.4 is 10.1 Å². The molecule has 0 aliphatic carbocycles. The lowest BCUT2D eigenvalue weighted by molar-refractivity contribution is -0.140. The lowest BCUT2D eigenvalue weighted by atomic mass is 9.96. The number of carbonyl (C=O) groups is 1. The van der Waals surface area contributed by atoms with Crippen molar-refractivity contribution in [2.24, 2.45) is 0 Å². The Hall–Kier alpha value is -1.62. The van der Waals surface area contributed by atoms with Crippen molar-refractivity contribution in [1.29, 1.82) is 0 Å². The molecule has 0 saturated carbocycles. The fraction of sp³-hybridized carbons (Fsp3) is 0.667. The Balaban J connectivity index is 2.83. The molecule has 0 spiro atoms. The van der Waals surface area contributed by atoms with Gasteiger partial charge in [-0.25, -0.2) is 4.98 Å². The van der Waals surface area contributed by atoms with E-state index in [-0.39, 0.29) is 5.91 Å². The number of anilines is 1. The number of aromatic nitrogens is 1. The molecule has 1 atom stereocenters. The number of nitrogens with one attached hydrogen (secondary N) is 1. The van der Waals surface area contributed by atoms with Crippen LogP contribution in [0, 0.1) is 6.92 Å². The first-order valence-corrected chi connectivity index (χ1v) is 8.43. The Labute approximate surface area is 139 Å². The highest BCUT2D eigenvalue weighted by molar-refractivity contribution is 5.97. The molecule has 0 aliphatic rings. The molecular weight excluding hydrogens is 292 g/mol. The van der Waals surface area contributed by atoms with Crippen LogP contribution in [0.15, 0.2) is 12.1 Å². The van der Waals surface area contributed by atoms with E-state index < -0.39 is 5.60 Å². The second-order valence-electron chi connectivity index (χ2n) is 5.98. The summed E-state index contributed by atoms with van der Waals surface area (Å²) in [7, 11) is 1.57. The highest BCUT2D eigenvalue weighted by atomic mass is 16.5. The first-order valence-electron chi connectivity index (χ1n) is 8.43. The second kappa shape index (κ2) is 9.50. The molecule has 0 radical (unpaired) electrons. The molecular formula is C18H30N2O3. The highest BCUT2D eigenvalue weighted by Crippen LogP contribution is 2.24. The van der Waals surface area contributed by atoms with Gasteiger partial charge >= 0.3 is 0 Å². The molecule has 0 aromatic carbocycles. The molecule has 1 amide bonds. The molecule has 5 heteroatoms. The Morgan fingerprint density at radius 1 is 1.26 bits per heavy atom. The molecule has 5 nitrogen and oxygen atoms in total. The number of unbranched alkanes of at least 4 members (excludes halogenated alkanes) is 2. The summed E-state index contributed by atoms with van der Waals surface area (Å²) < 4.78 is 11.0. The van der Waals surface area contributed by atoms with Crippen molar-refractivity contribution < 1.29 is 14.3 Å². The summed E-state index contributed by atoms with van der Waals surface area (Å²) in [5.41, 5.74) is 0.610. The first-order chi connectivity index (χ1) is 11.0. The Bertz CT molecular complexity index is 505. The Morgan fingerprint density at radius 2 is 2.00 bits per heavy atom. The van der Waals surface area contributed by atoms with E-state index in [0.717, 1.165) is 37.8 Å². The van der Waals surface area contributed by atoms with Crippen molar-refractivity contribution >= 4 is 11.6 Å². The molecule has 0 bridgehead atoms. The van der Waals surface area contributed by atoms with Gasteiger partial charge < -0.3 is 14.8 Å². The summed E-state index contributed by atoms with van der Waals surface area (Å²) in [5, 5.41) is 2.96. The molecule has 1 heterocycles. The molecule has 0 fully saturated rings. The molecule has 130 valence electrons. The van der Waals surface area contributed by atoms with Crippen molar-refractivity contribution in [2.75, 3.05) is 19.0 Å². The molecule has 1 aromatic rings. The normalized spacial score (nSPS) is 13.4. The van der Waals surface area contributed by atoms with Crippen LogP contribution in [0.2, 0.25) is 0 Å². The van der Waals surface area contributed by atoms with Crippen molar-refractivity contribution in [1.82, 2.24) is 4.98 Å². The molecule has 1 N–H and O–H groups in total. The topological polar surface area (TPSA) is 60.5 Å². The predicted octanol–water partition coefficient (Wildman–Crippen LogP) is 4.10. The van der Waals surface area contributed by atoms with E-state index in [1.807, 2.05) is 26.8 Å². The van der Waals surface area contributed by atoms with Gasteiger partial charge in [0.2, 0.25) is 5.88 Å². The van der Waals surface area contributed by atoms with Crippen LogP contribution in [0.4, 0.5) is 5.69 Å². The summed E-state index contributed by atoms with van der Waals surface area (Å²) in [6.45, 7) is 8.49. The van der Waals surface area contributed by atoms with Crippen molar-refractivity contribution in [3.63, 3.8) is 0 Å². The van der Waals surface area contributed by atoms with Crippen molar-refractivity contribution in [2.45, 2.75) is 65.4 Å². The Morgan fingerprint density at radius 3 is 2.57 bits per heavy atom. The van der Waals surface area contributed by atoms with Crippen LogP contribution in [0.1, 0.15) is 58.6 Å². The minimum absolute atomic E-state index is 0.114. The van der Waals surface area contributed by atoms with Crippen LogP contribution in [-0.4, -0.2) is 30.2 Å². The third-order valence-corrected chi connectivity index (χ3v) is 3.88. The number of nitrogens with zero attached hydrogens (tertiary/aromatic N) is 1.